The van der Waals surface area contributed by atoms with Crippen LogP contribution >= 0.6 is 0 Å². The Bertz CT molecular complexity index is 4520. The van der Waals surface area contributed by atoms with Crippen molar-refractivity contribution in [1.82, 2.24) is 0 Å². The fourth-order valence-corrected chi connectivity index (χ4v) is 13.1. The molecule has 13 rings (SSSR count). The highest BCUT2D eigenvalue weighted by molar-refractivity contribution is 5.92. The summed E-state index contributed by atoms with van der Waals surface area (Å²) in [6.45, 7) is 0.340. The summed E-state index contributed by atoms with van der Waals surface area (Å²) in [6, 6.07) is 86.4. The smallest absolute Gasteiger partial charge is 0.338 e. The maximum absolute atomic E-state index is 15.5. The highest BCUT2D eigenvalue weighted by Crippen LogP contribution is 2.41. The number of esters is 6. The van der Waals surface area contributed by atoms with Crippen molar-refractivity contribution in [3.63, 3.8) is 0 Å². The van der Waals surface area contributed by atoms with Crippen LogP contribution in [-0.4, -0.2) is 142 Å². The maximum atomic E-state index is 15.5. The lowest BCUT2D eigenvalue weighted by atomic mass is 9.89. The van der Waals surface area contributed by atoms with E-state index in [4.69, 9.17) is 71.1 Å². The summed E-state index contributed by atoms with van der Waals surface area (Å²) in [5.41, 5.74) is 3.84. The first-order chi connectivity index (χ1) is 54.0. The third kappa shape index (κ3) is 20.5. The molecule has 0 saturated carbocycles. The Labute approximate surface area is 636 Å². The number of carbonyl (C=O) groups excluding carboxylic acids is 6. The quantitative estimate of drug-likeness (QED) is 0.0290. The highest BCUT2D eigenvalue weighted by atomic mass is 16.8. The van der Waals surface area contributed by atoms with Gasteiger partial charge in [-0.3, -0.25) is 0 Å². The Morgan fingerprint density at radius 3 is 0.936 bits per heavy atom. The molecule has 0 N–H and O–H groups in total. The first-order valence-corrected chi connectivity index (χ1v) is 36.3. The molecular formula is C89H82O21. The maximum Gasteiger partial charge on any atom is 0.338 e. The standard InChI is InChI=1S/C89H82O21/c1-59-73(105-83(92)66-44-24-8-25-45-66)71(57-99-81(90)64-40-20-6-21-41-64)103-88(74(59)106-84(93)67-46-26-9-27-47-67)109-78-76(107-85(94)68-48-28-10-29-49-68)72(58-100-82(91)65-42-22-7-23-43-65)104-89(80(78)108-86(95)69-50-30-11-31-51-69)110-79-77(98-54-62-36-16-4-17-37-62)75(97-53-61-34-14-3-15-35-61)70(56-96-52-60-32-12-2-13-33-60)102-87(79)101-55-63-38-18-5-19-39-63/h2-51,59,70-80,87-89H,52-58H2,1H3/t59-,70?,71?,72?,73+,74?,75-,76-,77-,78-,79?,80?,87+,88-,89-/m0/s1. The first-order valence-electron chi connectivity index (χ1n) is 36.3. The summed E-state index contributed by atoms with van der Waals surface area (Å²) in [4.78, 5) is 88.6. The molecule has 0 aliphatic carbocycles. The minimum absolute atomic E-state index is 0.0303. The number of rotatable bonds is 31. The summed E-state index contributed by atoms with van der Waals surface area (Å²) < 4.78 is 103. The van der Waals surface area contributed by atoms with Crippen LogP contribution in [0.4, 0.5) is 0 Å². The third-order valence-electron chi connectivity index (χ3n) is 18.8. The van der Waals surface area contributed by atoms with Gasteiger partial charge in [0.25, 0.3) is 0 Å². The predicted octanol–water partition coefficient (Wildman–Crippen LogP) is 13.8. The Balaban J connectivity index is 0.977. The van der Waals surface area contributed by atoms with Crippen molar-refractivity contribution in [3.8, 4) is 0 Å². The van der Waals surface area contributed by atoms with Crippen LogP contribution in [0.2, 0.25) is 0 Å². The summed E-state index contributed by atoms with van der Waals surface area (Å²) in [7, 11) is 0. The Kier molecular flexibility index (Phi) is 27.0. The van der Waals surface area contributed by atoms with Crippen molar-refractivity contribution in [3.05, 3.63) is 359 Å². The zero-order valence-electron chi connectivity index (χ0n) is 60.1. The van der Waals surface area contributed by atoms with E-state index in [0.717, 1.165) is 22.3 Å². The van der Waals surface area contributed by atoms with Crippen LogP contribution < -0.4 is 0 Å². The molecule has 3 heterocycles. The Hall–Kier alpha value is -11.3. The molecule has 3 aliphatic heterocycles. The molecule has 0 amide bonds. The zero-order valence-corrected chi connectivity index (χ0v) is 60.1. The van der Waals surface area contributed by atoms with Crippen LogP contribution in [0.3, 0.4) is 0 Å². The second kappa shape index (κ2) is 38.6. The number of carbonyl (C=O) groups is 6. The van der Waals surface area contributed by atoms with Crippen LogP contribution in [-0.2, 0) is 97.5 Å². The topological polar surface area (TPSA) is 241 Å². The minimum atomic E-state index is -1.97. The van der Waals surface area contributed by atoms with Crippen LogP contribution in [0.1, 0.15) is 91.3 Å². The molecular weight excluding hydrogens is 1400 g/mol. The first kappa shape index (κ1) is 76.8. The van der Waals surface area contributed by atoms with Crippen molar-refractivity contribution in [1.29, 1.82) is 0 Å². The summed E-state index contributed by atoms with van der Waals surface area (Å²) >= 11 is 0. The molecule has 10 aromatic rings. The van der Waals surface area contributed by atoms with E-state index in [0.29, 0.717) is 0 Å². The number of hydrogen-bond acceptors (Lipinski definition) is 21. The van der Waals surface area contributed by atoms with E-state index in [-0.39, 0.29) is 66.4 Å². The van der Waals surface area contributed by atoms with Gasteiger partial charge >= 0.3 is 35.8 Å². The van der Waals surface area contributed by atoms with Crippen LogP contribution in [0.25, 0.3) is 0 Å². The molecule has 6 unspecified atom stereocenters. The second-order valence-corrected chi connectivity index (χ2v) is 26.4. The lowest BCUT2D eigenvalue weighted by Gasteiger charge is -2.51. The summed E-state index contributed by atoms with van der Waals surface area (Å²) in [5.74, 6) is -6.36. The molecule has 3 aliphatic rings. The molecule has 0 bridgehead atoms. The molecule has 3 fully saturated rings. The molecule has 564 valence electrons. The van der Waals surface area contributed by atoms with Gasteiger partial charge in [-0.2, -0.15) is 0 Å². The zero-order chi connectivity index (χ0) is 75.8. The van der Waals surface area contributed by atoms with E-state index in [1.54, 1.807) is 153 Å². The van der Waals surface area contributed by atoms with E-state index >= 15 is 9.59 Å². The largest absolute Gasteiger partial charge is 0.459 e. The van der Waals surface area contributed by atoms with Crippen molar-refractivity contribution < 1.29 is 99.8 Å². The van der Waals surface area contributed by atoms with Gasteiger partial charge in [0, 0.05) is 5.92 Å². The van der Waals surface area contributed by atoms with Gasteiger partial charge in [0.15, 0.2) is 37.2 Å². The van der Waals surface area contributed by atoms with Gasteiger partial charge in [-0.05, 0) is 95.1 Å². The van der Waals surface area contributed by atoms with Crippen LogP contribution in [0.5, 0.6) is 0 Å². The van der Waals surface area contributed by atoms with Gasteiger partial charge in [-0.1, -0.05) is 237 Å². The predicted molar refractivity (Wildman–Crippen MR) is 398 cm³/mol. The fraction of sp³-hybridized carbons (Fsp3) is 0.258. The van der Waals surface area contributed by atoms with Crippen molar-refractivity contribution >= 4 is 35.8 Å². The molecule has 15 atom stereocenters. The van der Waals surface area contributed by atoms with Crippen molar-refractivity contribution in [2.24, 2.45) is 5.92 Å². The average molecular weight is 1490 g/mol. The van der Waals surface area contributed by atoms with Crippen molar-refractivity contribution in [2.45, 2.75) is 119 Å². The number of benzene rings is 10. The van der Waals surface area contributed by atoms with Crippen LogP contribution in [0.15, 0.2) is 303 Å². The van der Waals surface area contributed by atoms with Gasteiger partial charge in [0.1, 0.15) is 62.0 Å². The molecule has 3 saturated heterocycles. The monoisotopic (exact) mass is 1490 g/mol. The Morgan fingerprint density at radius 1 is 0.255 bits per heavy atom. The van der Waals surface area contributed by atoms with Crippen LogP contribution in [0, 0.1) is 5.92 Å². The highest BCUT2D eigenvalue weighted by Gasteiger charge is 2.59. The third-order valence-corrected chi connectivity index (χ3v) is 18.8. The average Bonchev–Trinajstić information content (AvgIpc) is 0.745. The van der Waals surface area contributed by atoms with E-state index in [1.165, 1.54) is 36.4 Å². The summed E-state index contributed by atoms with van der Waals surface area (Å²) in [5, 5.41) is 0. The Morgan fingerprint density at radius 2 is 0.536 bits per heavy atom. The van der Waals surface area contributed by atoms with Crippen molar-refractivity contribution in [2.75, 3.05) is 19.8 Å². The SMILES string of the molecule is C[C@@H]1C(OC(=O)c2ccccc2)[C@H](O[C@@H]2C(OC(=O)c3ccccc3)[C@H](OC3[C@H](OCc4ccccc4)OC(COCc4ccccc4)[C@H](OCc4ccccc4)[C@@H]3OCc3ccccc3)OC(COC(=O)c3ccccc3)[C@@H]2OC(=O)c2ccccc2)OC(COC(=O)c2ccccc2)[C@@H]1OC(=O)c1ccccc1. The summed E-state index contributed by atoms with van der Waals surface area (Å²) in [6.07, 6.45) is -22.1. The van der Waals surface area contributed by atoms with Gasteiger partial charge in [0.05, 0.1) is 66.4 Å². The number of hydrogen-bond donors (Lipinski definition) is 0. The van der Waals surface area contributed by atoms with Gasteiger partial charge in [-0.25, -0.2) is 28.8 Å². The van der Waals surface area contributed by atoms with E-state index in [2.05, 4.69) is 0 Å². The molecule has 0 aromatic heterocycles. The minimum Gasteiger partial charge on any atom is -0.459 e. The lowest BCUT2D eigenvalue weighted by Crippen LogP contribution is -2.68. The molecule has 0 spiro atoms. The van der Waals surface area contributed by atoms with E-state index < -0.39 is 141 Å². The normalized spacial score (nSPS) is 23.6. The van der Waals surface area contributed by atoms with E-state index in [1.807, 2.05) is 121 Å². The van der Waals surface area contributed by atoms with Gasteiger partial charge in [-0.15, -0.1) is 0 Å². The fourth-order valence-electron chi connectivity index (χ4n) is 13.1. The van der Waals surface area contributed by atoms with E-state index in [9.17, 15) is 19.2 Å². The number of ether oxygens (including phenoxy) is 15. The molecule has 21 heteroatoms. The molecule has 0 radical (unpaired) electrons. The molecule has 110 heavy (non-hydrogen) atoms. The second-order valence-electron chi connectivity index (χ2n) is 26.4. The molecule has 21 nitrogen and oxygen atoms in total. The van der Waals surface area contributed by atoms with Gasteiger partial charge in [0.2, 0.25) is 0 Å². The molecule has 10 aromatic carbocycles. The lowest BCUT2D eigenvalue weighted by molar-refractivity contribution is -0.388. The van der Waals surface area contributed by atoms with Gasteiger partial charge < -0.3 is 71.1 Å².